The molecule has 0 heterocycles. The van der Waals surface area contributed by atoms with Crippen molar-refractivity contribution in [2.24, 2.45) is 88.8 Å². The van der Waals surface area contributed by atoms with Crippen molar-refractivity contribution >= 4 is 0 Å². The standard InChI is InChI=1S/C24H42/c1-10-12(3)19-16(7)17(8)20-13(4)11(2)15(6)22-18(9)21(14(10)5)23(19)24(20)22/h10-24H,1-9H3. The molecule has 0 bridgehead atoms. The van der Waals surface area contributed by atoms with Crippen LogP contribution >= 0.6 is 0 Å². The largest absolute Gasteiger partial charge is 0.0620 e. The molecule has 4 saturated carbocycles. The molecule has 0 N–H and O–H groups in total. The topological polar surface area (TPSA) is 0 Å². The molecule has 0 aromatic rings. The molecule has 4 fully saturated rings. The van der Waals surface area contributed by atoms with E-state index in [4.69, 9.17) is 0 Å². The first-order valence-corrected chi connectivity index (χ1v) is 11.2. The quantitative estimate of drug-likeness (QED) is 0.478. The fourth-order valence-corrected chi connectivity index (χ4v) is 9.58. The van der Waals surface area contributed by atoms with Crippen molar-refractivity contribution in [1.29, 1.82) is 0 Å². The van der Waals surface area contributed by atoms with E-state index in [9.17, 15) is 0 Å². The van der Waals surface area contributed by atoms with Crippen molar-refractivity contribution in [3.05, 3.63) is 0 Å². The van der Waals surface area contributed by atoms with E-state index in [-0.39, 0.29) is 0 Å². The normalized spacial score (nSPS) is 68.6. The van der Waals surface area contributed by atoms with Crippen LogP contribution in [0.1, 0.15) is 62.3 Å². The highest BCUT2D eigenvalue weighted by atomic mass is 14.7. The summed E-state index contributed by atoms with van der Waals surface area (Å²) < 4.78 is 0. The molecular formula is C24H42. The van der Waals surface area contributed by atoms with Crippen LogP contribution in [0.3, 0.4) is 0 Å². The van der Waals surface area contributed by atoms with E-state index in [1.54, 1.807) is 0 Å². The van der Waals surface area contributed by atoms with Gasteiger partial charge in [-0.15, -0.1) is 0 Å². The van der Waals surface area contributed by atoms with E-state index in [1.807, 2.05) is 0 Å². The Labute approximate surface area is 151 Å². The summed E-state index contributed by atoms with van der Waals surface area (Å²) in [5.41, 5.74) is 0. The van der Waals surface area contributed by atoms with Gasteiger partial charge in [0.15, 0.2) is 0 Å². The van der Waals surface area contributed by atoms with Crippen LogP contribution < -0.4 is 0 Å². The number of hydrogen-bond donors (Lipinski definition) is 0. The van der Waals surface area contributed by atoms with Crippen LogP contribution in [-0.4, -0.2) is 0 Å². The summed E-state index contributed by atoms with van der Waals surface area (Å²) in [6.07, 6.45) is 0. The molecule has 0 nitrogen and oxygen atoms in total. The summed E-state index contributed by atoms with van der Waals surface area (Å²) in [5.74, 6) is 14.4. The molecular weight excluding hydrogens is 288 g/mol. The lowest BCUT2D eigenvalue weighted by Crippen LogP contribution is -2.57. The van der Waals surface area contributed by atoms with E-state index < -0.39 is 0 Å². The lowest BCUT2D eigenvalue weighted by atomic mass is 9.44. The molecule has 0 heteroatoms. The Bertz CT molecular complexity index is 450. The Kier molecular flexibility index (Phi) is 3.99. The molecule has 14 atom stereocenters. The molecule has 0 aromatic heterocycles. The molecule has 138 valence electrons. The van der Waals surface area contributed by atoms with Crippen LogP contribution in [0.25, 0.3) is 0 Å². The van der Waals surface area contributed by atoms with Gasteiger partial charge < -0.3 is 0 Å². The van der Waals surface area contributed by atoms with Crippen molar-refractivity contribution in [2.75, 3.05) is 0 Å². The number of hydrogen-bond acceptors (Lipinski definition) is 0. The molecule has 0 aromatic carbocycles. The molecule has 4 rings (SSSR count). The van der Waals surface area contributed by atoms with Crippen molar-refractivity contribution in [2.45, 2.75) is 62.3 Å². The zero-order valence-corrected chi connectivity index (χ0v) is 17.7. The molecule has 0 amide bonds. The van der Waals surface area contributed by atoms with Crippen LogP contribution in [-0.2, 0) is 0 Å². The Balaban J connectivity index is 1.86. The maximum absolute atomic E-state index is 2.66. The monoisotopic (exact) mass is 330 g/mol. The van der Waals surface area contributed by atoms with Gasteiger partial charge >= 0.3 is 0 Å². The van der Waals surface area contributed by atoms with Gasteiger partial charge in [-0.2, -0.15) is 0 Å². The SMILES string of the molecule is CC1C(C)C2C(C)C(C)C3C(C)C(C)C(C)C4C(C)C(C1C)C2C34. The van der Waals surface area contributed by atoms with Gasteiger partial charge in [-0.3, -0.25) is 0 Å². The van der Waals surface area contributed by atoms with E-state index in [0.717, 1.165) is 88.8 Å². The average molecular weight is 331 g/mol. The molecule has 4 aliphatic carbocycles. The van der Waals surface area contributed by atoms with Crippen LogP contribution in [0.5, 0.6) is 0 Å². The van der Waals surface area contributed by atoms with Gasteiger partial charge in [0, 0.05) is 0 Å². The third-order valence-corrected chi connectivity index (χ3v) is 11.2. The van der Waals surface area contributed by atoms with E-state index >= 15 is 0 Å². The predicted molar refractivity (Wildman–Crippen MR) is 103 cm³/mol. The van der Waals surface area contributed by atoms with Crippen molar-refractivity contribution in [3.8, 4) is 0 Å². The van der Waals surface area contributed by atoms with Crippen molar-refractivity contribution in [3.63, 3.8) is 0 Å². The summed E-state index contributed by atoms with van der Waals surface area (Å²) in [6.45, 7) is 23.6. The lowest BCUT2D eigenvalue weighted by Gasteiger charge is -2.61. The molecule has 0 aliphatic heterocycles. The third kappa shape index (κ3) is 1.87. The maximum atomic E-state index is 2.66. The highest BCUT2D eigenvalue weighted by Crippen LogP contribution is 2.71. The van der Waals surface area contributed by atoms with Crippen LogP contribution in [0, 0.1) is 88.8 Å². The first kappa shape index (κ1) is 17.4. The van der Waals surface area contributed by atoms with Gasteiger partial charge in [0.05, 0.1) is 0 Å². The summed E-state index contributed by atoms with van der Waals surface area (Å²) in [6, 6.07) is 0. The lowest BCUT2D eigenvalue weighted by molar-refractivity contribution is -0.138. The van der Waals surface area contributed by atoms with Gasteiger partial charge in [0.1, 0.15) is 0 Å². The Morgan fingerprint density at radius 1 is 0.208 bits per heavy atom. The highest BCUT2D eigenvalue weighted by Gasteiger charge is 2.67. The van der Waals surface area contributed by atoms with Gasteiger partial charge in [-0.1, -0.05) is 62.3 Å². The average Bonchev–Trinajstić information content (AvgIpc) is 2.83. The first-order valence-electron chi connectivity index (χ1n) is 11.2. The highest BCUT2D eigenvalue weighted by molar-refractivity contribution is 5.14. The fraction of sp³-hybridized carbons (Fsp3) is 1.00. The van der Waals surface area contributed by atoms with Gasteiger partial charge in [0.25, 0.3) is 0 Å². The van der Waals surface area contributed by atoms with Crippen LogP contribution in [0.15, 0.2) is 0 Å². The summed E-state index contributed by atoms with van der Waals surface area (Å²) in [4.78, 5) is 0. The molecule has 0 radical (unpaired) electrons. The van der Waals surface area contributed by atoms with Crippen LogP contribution in [0.2, 0.25) is 0 Å². The minimum atomic E-state index is 0.912. The Morgan fingerprint density at radius 2 is 0.417 bits per heavy atom. The van der Waals surface area contributed by atoms with Crippen molar-refractivity contribution < 1.29 is 0 Å². The smallest absolute Gasteiger partial charge is 0.0313 e. The molecule has 4 aliphatic rings. The second-order valence-electron chi connectivity index (χ2n) is 11.2. The van der Waals surface area contributed by atoms with E-state index in [2.05, 4.69) is 62.3 Å². The summed E-state index contributed by atoms with van der Waals surface area (Å²) in [5, 5.41) is 0. The Morgan fingerprint density at radius 3 is 0.708 bits per heavy atom. The zero-order chi connectivity index (χ0) is 17.7. The van der Waals surface area contributed by atoms with Gasteiger partial charge in [-0.05, 0) is 88.8 Å². The zero-order valence-electron chi connectivity index (χ0n) is 17.7. The second-order valence-corrected chi connectivity index (χ2v) is 11.2. The van der Waals surface area contributed by atoms with E-state index in [1.165, 1.54) is 0 Å². The summed E-state index contributed by atoms with van der Waals surface area (Å²) >= 11 is 0. The van der Waals surface area contributed by atoms with Crippen molar-refractivity contribution in [1.82, 2.24) is 0 Å². The Hall–Kier alpha value is 0. The fourth-order valence-electron chi connectivity index (χ4n) is 9.58. The second kappa shape index (κ2) is 5.50. The van der Waals surface area contributed by atoms with E-state index in [0.29, 0.717) is 0 Å². The first-order chi connectivity index (χ1) is 11.2. The minimum absolute atomic E-state index is 0.912. The van der Waals surface area contributed by atoms with Crippen LogP contribution in [0.4, 0.5) is 0 Å². The molecule has 0 saturated heterocycles. The van der Waals surface area contributed by atoms with Gasteiger partial charge in [0.2, 0.25) is 0 Å². The maximum Gasteiger partial charge on any atom is -0.0313 e. The third-order valence-electron chi connectivity index (χ3n) is 11.2. The minimum Gasteiger partial charge on any atom is -0.0620 e. The number of rotatable bonds is 0. The molecule has 24 heavy (non-hydrogen) atoms. The van der Waals surface area contributed by atoms with Gasteiger partial charge in [-0.25, -0.2) is 0 Å². The molecule has 0 spiro atoms. The summed E-state index contributed by atoms with van der Waals surface area (Å²) in [7, 11) is 0. The predicted octanol–water partition coefficient (Wildman–Crippen LogP) is 6.46. The molecule has 14 unspecified atom stereocenters.